The second-order valence-electron chi connectivity index (χ2n) is 2.59. The molecule has 1 aliphatic rings. The van der Waals surface area contributed by atoms with Gasteiger partial charge in [-0.25, -0.2) is 0 Å². The van der Waals surface area contributed by atoms with Crippen molar-refractivity contribution in [3.8, 4) is 0 Å². The summed E-state index contributed by atoms with van der Waals surface area (Å²) >= 11 is 0. The third-order valence-electron chi connectivity index (χ3n) is 1.64. The lowest BCUT2D eigenvalue weighted by atomic mass is 10.2. The highest BCUT2D eigenvalue weighted by atomic mass is 16.7. The van der Waals surface area contributed by atoms with Crippen LogP contribution in [0.2, 0.25) is 0 Å². The number of hydrogen-bond donors (Lipinski definition) is 1. The molecule has 1 rings (SSSR count). The molecule has 0 aromatic heterocycles. The Balaban J connectivity index is 2.28. The molecule has 0 radical (unpaired) electrons. The Hall–Kier alpha value is -0.120. The maximum atomic E-state index is 9.06. The van der Waals surface area contributed by atoms with Gasteiger partial charge in [-0.15, -0.1) is 0 Å². The Labute approximate surface area is 60.9 Å². The number of hydrogen-bond acceptors (Lipinski definition) is 3. The predicted molar refractivity (Wildman–Crippen MR) is 36.6 cm³/mol. The van der Waals surface area contributed by atoms with Crippen molar-refractivity contribution in [2.45, 2.75) is 38.8 Å². The van der Waals surface area contributed by atoms with Crippen LogP contribution in [0.15, 0.2) is 0 Å². The van der Waals surface area contributed by atoms with Gasteiger partial charge in [0.15, 0.2) is 6.29 Å². The molecule has 3 atom stereocenters. The molecule has 1 N–H and O–H groups in total. The van der Waals surface area contributed by atoms with Crippen LogP contribution in [-0.2, 0) is 9.47 Å². The van der Waals surface area contributed by atoms with Crippen molar-refractivity contribution in [3.05, 3.63) is 0 Å². The highest BCUT2D eigenvalue weighted by Crippen LogP contribution is 2.16. The summed E-state index contributed by atoms with van der Waals surface area (Å²) in [5, 5.41) is 9.06. The fraction of sp³-hybridized carbons (Fsp3) is 1.00. The first-order valence-corrected chi connectivity index (χ1v) is 3.69. The first-order valence-electron chi connectivity index (χ1n) is 3.69. The van der Waals surface area contributed by atoms with E-state index in [1.54, 1.807) is 6.92 Å². The Morgan fingerprint density at radius 3 is 2.70 bits per heavy atom. The van der Waals surface area contributed by atoms with Crippen molar-refractivity contribution in [2.75, 3.05) is 6.61 Å². The minimum absolute atomic E-state index is 0.0976. The lowest BCUT2D eigenvalue weighted by Crippen LogP contribution is -2.25. The maximum absolute atomic E-state index is 9.06. The molecule has 3 nitrogen and oxygen atoms in total. The van der Waals surface area contributed by atoms with E-state index < -0.39 is 6.10 Å². The molecule has 0 spiro atoms. The van der Waals surface area contributed by atoms with E-state index in [4.69, 9.17) is 14.6 Å². The third-order valence-corrected chi connectivity index (χ3v) is 1.64. The van der Waals surface area contributed by atoms with Crippen molar-refractivity contribution in [3.63, 3.8) is 0 Å². The molecule has 0 aromatic carbocycles. The van der Waals surface area contributed by atoms with Gasteiger partial charge in [-0.1, -0.05) is 6.92 Å². The molecule has 1 saturated heterocycles. The molecule has 1 fully saturated rings. The summed E-state index contributed by atoms with van der Waals surface area (Å²) in [6.07, 6.45) is 0.213. The van der Waals surface area contributed by atoms with E-state index >= 15 is 0 Å². The molecule has 1 heterocycles. The normalized spacial score (nSPS) is 36.3. The summed E-state index contributed by atoms with van der Waals surface area (Å²) in [6, 6.07) is 0. The van der Waals surface area contributed by atoms with Crippen LogP contribution < -0.4 is 0 Å². The van der Waals surface area contributed by atoms with Gasteiger partial charge < -0.3 is 14.6 Å². The molecule has 0 amide bonds. The summed E-state index contributed by atoms with van der Waals surface area (Å²) < 4.78 is 10.5. The van der Waals surface area contributed by atoms with Gasteiger partial charge in [0.1, 0.15) is 6.10 Å². The topological polar surface area (TPSA) is 38.7 Å². The standard InChI is InChI=1S/C7H14O3/c1-3-7-9-4-6(10-7)5(2)8/h5-8H,3-4H2,1-2H3. The van der Waals surface area contributed by atoms with Crippen LogP contribution in [0.4, 0.5) is 0 Å². The van der Waals surface area contributed by atoms with Gasteiger partial charge in [0.25, 0.3) is 0 Å². The van der Waals surface area contributed by atoms with Gasteiger partial charge in [-0.05, 0) is 13.3 Å². The minimum atomic E-state index is -0.420. The molecule has 0 saturated carbocycles. The number of ether oxygens (including phenoxy) is 2. The monoisotopic (exact) mass is 146 g/mol. The molecule has 0 aromatic rings. The van der Waals surface area contributed by atoms with Crippen LogP contribution >= 0.6 is 0 Å². The first-order chi connectivity index (χ1) is 4.74. The molecule has 60 valence electrons. The highest BCUT2D eigenvalue weighted by Gasteiger charge is 2.27. The van der Waals surface area contributed by atoms with Gasteiger partial charge in [0, 0.05) is 0 Å². The van der Waals surface area contributed by atoms with Crippen molar-refractivity contribution in [1.29, 1.82) is 0 Å². The SMILES string of the molecule is CCC1OCC(C(C)O)O1. The average molecular weight is 146 g/mol. The fourth-order valence-electron chi connectivity index (χ4n) is 0.943. The van der Waals surface area contributed by atoms with Crippen LogP contribution in [0.25, 0.3) is 0 Å². The lowest BCUT2D eigenvalue weighted by molar-refractivity contribution is -0.0783. The summed E-state index contributed by atoms with van der Waals surface area (Å²) in [6.45, 7) is 4.23. The van der Waals surface area contributed by atoms with Crippen molar-refractivity contribution < 1.29 is 14.6 Å². The largest absolute Gasteiger partial charge is 0.391 e. The van der Waals surface area contributed by atoms with Crippen molar-refractivity contribution in [2.24, 2.45) is 0 Å². The summed E-state index contributed by atoms with van der Waals surface area (Å²) in [5.74, 6) is 0. The van der Waals surface area contributed by atoms with E-state index in [2.05, 4.69) is 0 Å². The van der Waals surface area contributed by atoms with E-state index in [0.29, 0.717) is 6.61 Å². The van der Waals surface area contributed by atoms with Gasteiger partial charge in [-0.3, -0.25) is 0 Å². The molecular weight excluding hydrogens is 132 g/mol. The summed E-state index contributed by atoms with van der Waals surface area (Å²) in [7, 11) is 0. The molecule has 3 unspecified atom stereocenters. The van der Waals surface area contributed by atoms with Crippen LogP contribution in [-0.4, -0.2) is 30.2 Å². The predicted octanol–water partition coefficient (Wildman–Crippen LogP) is 0.519. The third kappa shape index (κ3) is 1.68. The van der Waals surface area contributed by atoms with E-state index in [1.165, 1.54) is 0 Å². The number of aliphatic hydroxyl groups is 1. The number of rotatable bonds is 2. The Morgan fingerprint density at radius 2 is 2.40 bits per heavy atom. The zero-order valence-electron chi connectivity index (χ0n) is 6.41. The molecular formula is C7H14O3. The molecule has 1 aliphatic heterocycles. The average Bonchev–Trinajstić information content (AvgIpc) is 2.34. The summed E-state index contributed by atoms with van der Waals surface area (Å²) in [4.78, 5) is 0. The first kappa shape index (κ1) is 7.98. The second kappa shape index (κ2) is 3.32. The maximum Gasteiger partial charge on any atom is 0.158 e. The van der Waals surface area contributed by atoms with Crippen LogP contribution in [0.5, 0.6) is 0 Å². The van der Waals surface area contributed by atoms with Gasteiger partial charge in [0.05, 0.1) is 12.7 Å². The lowest BCUT2D eigenvalue weighted by Gasteiger charge is -2.11. The molecule has 0 bridgehead atoms. The van der Waals surface area contributed by atoms with Crippen molar-refractivity contribution in [1.82, 2.24) is 0 Å². The summed E-state index contributed by atoms with van der Waals surface area (Å²) in [5.41, 5.74) is 0. The van der Waals surface area contributed by atoms with Crippen molar-refractivity contribution >= 4 is 0 Å². The number of aliphatic hydroxyl groups excluding tert-OH is 1. The van der Waals surface area contributed by atoms with Gasteiger partial charge in [0.2, 0.25) is 0 Å². The molecule has 10 heavy (non-hydrogen) atoms. The Morgan fingerprint density at radius 1 is 1.70 bits per heavy atom. The van der Waals surface area contributed by atoms with E-state index in [9.17, 15) is 0 Å². The van der Waals surface area contributed by atoms with Crippen LogP contribution in [0.3, 0.4) is 0 Å². The van der Waals surface area contributed by atoms with Gasteiger partial charge >= 0.3 is 0 Å². The molecule has 3 heteroatoms. The quantitative estimate of drug-likeness (QED) is 0.617. The highest BCUT2D eigenvalue weighted by molar-refractivity contribution is 4.69. The Kier molecular flexibility index (Phi) is 2.65. The zero-order chi connectivity index (χ0) is 7.56. The van der Waals surface area contributed by atoms with E-state index in [-0.39, 0.29) is 12.4 Å². The van der Waals surface area contributed by atoms with E-state index in [1.807, 2.05) is 6.92 Å². The zero-order valence-corrected chi connectivity index (χ0v) is 6.41. The van der Waals surface area contributed by atoms with E-state index in [0.717, 1.165) is 6.42 Å². The minimum Gasteiger partial charge on any atom is -0.391 e. The van der Waals surface area contributed by atoms with Crippen LogP contribution in [0.1, 0.15) is 20.3 Å². The van der Waals surface area contributed by atoms with Gasteiger partial charge in [-0.2, -0.15) is 0 Å². The Bertz CT molecular complexity index is 103. The fourth-order valence-corrected chi connectivity index (χ4v) is 0.943. The van der Waals surface area contributed by atoms with Crippen LogP contribution in [0, 0.1) is 0 Å². The second-order valence-corrected chi connectivity index (χ2v) is 2.59. The molecule has 0 aliphatic carbocycles. The smallest absolute Gasteiger partial charge is 0.158 e.